The van der Waals surface area contributed by atoms with E-state index in [1.54, 1.807) is 6.07 Å². The highest BCUT2D eigenvalue weighted by Crippen LogP contribution is 2.37. The highest BCUT2D eigenvalue weighted by atomic mass is 16.5. The van der Waals surface area contributed by atoms with Gasteiger partial charge >= 0.3 is 5.69 Å². The first-order valence-corrected chi connectivity index (χ1v) is 8.27. The van der Waals surface area contributed by atoms with Crippen LogP contribution < -0.4 is 16.0 Å². The number of para-hydroxylation sites is 1. The molecule has 2 aromatic rings. The maximum atomic E-state index is 12.6. The van der Waals surface area contributed by atoms with Crippen LogP contribution >= 0.6 is 0 Å². The summed E-state index contributed by atoms with van der Waals surface area (Å²) in [6.45, 7) is 1.37. The molecule has 0 spiro atoms. The third-order valence-corrected chi connectivity index (χ3v) is 4.65. The van der Waals surface area contributed by atoms with E-state index in [1.165, 1.54) is 33.1 Å². The molecule has 1 aromatic carbocycles. The van der Waals surface area contributed by atoms with E-state index >= 15 is 0 Å². The minimum Gasteiger partial charge on any atom is -0.496 e. The number of aromatic nitrogens is 2. The summed E-state index contributed by atoms with van der Waals surface area (Å²) < 4.78 is 7.24. The molecule has 0 bridgehead atoms. The standard InChI is InChI=1S/C18H20N4O5/c1-10(23)22-13(11-7-5-6-8-14(11)27-4)9-12(19-22)15-16(24)20(2)18(26)21(3)17(15)25/h5-8,13,24H,9H2,1-4H3/t13-/m1/s1. The van der Waals surface area contributed by atoms with Crippen molar-refractivity contribution < 1.29 is 14.6 Å². The van der Waals surface area contributed by atoms with Gasteiger partial charge in [0.2, 0.25) is 11.8 Å². The molecule has 0 saturated carbocycles. The van der Waals surface area contributed by atoms with Crippen molar-refractivity contribution in [2.45, 2.75) is 19.4 Å². The quantitative estimate of drug-likeness (QED) is 0.844. The van der Waals surface area contributed by atoms with E-state index in [0.717, 1.165) is 14.7 Å². The zero-order chi connectivity index (χ0) is 19.9. The normalized spacial score (nSPS) is 16.4. The number of hydrazone groups is 1. The van der Waals surface area contributed by atoms with Crippen LogP contribution in [0.5, 0.6) is 11.6 Å². The van der Waals surface area contributed by atoms with E-state index < -0.39 is 23.2 Å². The Balaban J connectivity index is 2.16. The molecule has 0 fully saturated rings. The summed E-state index contributed by atoms with van der Waals surface area (Å²) in [6.07, 6.45) is 0.195. The molecule has 0 saturated heterocycles. The van der Waals surface area contributed by atoms with Gasteiger partial charge in [-0.05, 0) is 6.07 Å². The second kappa shape index (κ2) is 6.75. The van der Waals surface area contributed by atoms with Crippen LogP contribution in [0.2, 0.25) is 0 Å². The molecule has 142 valence electrons. The number of carbonyl (C=O) groups is 1. The molecule has 1 amide bonds. The van der Waals surface area contributed by atoms with Crippen LogP contribution in [-0.2, 0) is 18.9 Å². The van der Waals surface area contributed by atoms with Crippen LogP contribution in [0.1, 0.15) is 30.5 Å². The lowest BCUT2D eigenvalue weighted by Gasteiger charge is -2.22. The van der Waals surface area contributed by atoms with Crippen LogP contribution in [0.15, 0.2) is 39.0 Å². The first kappa shape index (κ1) is 18.4. The lowest BCUT2D eigenvalue weighted by molar-refractivity contribution is -0.130. The second-order valence-corrected chi connectivity index (χ2v) is 6.28. The van der Waals surface area contributed by atoms with E-state index in [4.69, 9.17) is 4.74 Å². The van der Waals surface area contributed by atoms with Gasteiger partial charge < -0.3 is 9.84 Å². The molecule has 3 rings (SSSR count). The van der Waals surface area contributed by atoms with Crippen LogP contribution in [0.4, 0.5) is 0 Å². The third-order valence-electron chi connectivity index (χ3n) is 4.65. The van der Waals surface area contributed by atoms with E-state index in [1.807, 2.05) is 18.2 Å². The van der Waals surface area contributed by atoms with Crippen LogP contribution in [0.25, 0.3) is 0 Å². The fourth-order valence-corrected chi connectivity index (χ4v) is 3.22. The number of ether oxygens (including phenoxy) is 1. The Bertz CT molecular complexity index is 1070. The summed E-state index contributed by atoms with van der Waals surface area (Å²) in [7, 11) is 4.21. The Morgan fingerprint density at radius 3 is 2.52 bits per heavy atom. The van der Waals surface area contributed by atoms with Gasteiger partial charge in [0.15, 0.2) is 0 Å². The van der Waals surface area contributed by atoms with Crippen molar-refractivity contribution in [3.63, 3.8) is 0 Å². The molecule has 1 atom stereocenters. The first-order valence-electron chi connectivity index (χ1n) is 8.27. The Morgan fingerprint density at radius 2 is 1.89 bits per heavy atom. The molecule has 1 aliphatic rings. The predicted molar refractivity (Wildman–Crippen MR) is 98.0 cm³/mol. The van der Waals surface area contributed by atoms with Gasteiger partial charge in [0.1, 0.15) is 11.3 Å². The molecule has 2 heterocycles. The number of amides is 1. The topological polar surface area (TPSA) is 106 Å². The summed E-state index contributed by atoms with van der Waals surface area (Å²) in [5.74, 6) is -0.212. The highest BCUT2D eigenvalue weighted by molar-refractivity contribution is 6.04. The van der Waals surface area contributed by atoms with Crippen LogP contribution in [-0.4, -0.2) is 38.0 Å². The minimum atomic E-state index is -0.668. The van der Waals surface area contributed by atoms with E-state index in [2.05, 4.69) is 5.10 Å². The number of methoxy groups -OCH3 is 1. The van der Waals surface area contributed by atoms with Crippen molar-refractivity contribution in [2.24, 2.45) is 19.2 Å². The first-order chi connectivity index (χ1) is 12.8. The van der Waals surface area contributed by atoms with Crippen molar-refractivity contribution in [1.82, 2.24) is 14.1 Å². The van der Waals surface area contributed by atoms with Gasteiger partial charge in [-0.2, -0.15) is 5.10 Å². The number of hydrogen-bond donors (Lipinski definition) is 1. The Hall–Kier alpha value is -3.36. The maximum absolute atomic E-state index is 12.6. The van der Waals surface area contributed by atoms with Gasteiger partial charge in [-0.1, -0.05) is 18.2 Å². The molecule has 0 unspecified atom stereocenters. The molecule has 9 nitrogen and oxygen atoms in total. The van der Waals surface area contributed by atoms with E-state index in [9.17, 15) is 19.5 Å². The average molecular weight is 372 g/mol. The molecule has 0 radical (unpaired) electrons. The monoisotopic (exact) mass is 372 g/mol. The third kappa shape index (κ3) is 2.90. The van der Waals surface area contributed by atoms with Gasteiger partial charge in [-0.15, -0.1) is 0 Å². The van der Waals surface area contributed by atoms with Crippen molar-refractivity contribution in [2.75, 3.05) is 7.11 Å². The zero-order valence-electron chi connectivity index (χ0n) is 15.5. The summed E-state index contributed by atoms with van der Waals surface area (Å²) in [6, 6.07) is 6.73. The number of nitrogens with zero attached hydrogens (tertiary/aromatic N) is 4. The fraction of sp³-hybridized carbons (Fsp3) is 0.333. The Morgan fingerprint density at radius 1 is 1.22 bits per heavy atom. The van der Waals surface area contributed by atoms with Gasteiger partial charge in [0, 0.05) is 33.0 Å². The molecule has 1 aliphatic heterocycles. The summed E-state index contributed by atoms with van der Waals surface area (Å²) >= 11 is 0. The molecule has 0 aliphatic carbocycles. The fourth-order valence-electron chi connectivity index (χ4n) is 3.22. The SMILES string of the molecule is COc1ccccc1[C@H]1CC(c2c(O)n(C)c(=O)n(C)c2=O)=NN1C(C)=O. The van der Waals surface area contributed by atoms with E-state index in [-0.39, 0.29) is 23.6 Å². The lowest BCUT2D eigenvalue weighted by Crippen LogP contribution is -2.39. The van der Waals surface area contributed by atoms with Gasteiger partial charge in [-0.25, -0.2) is 9.80 Å². The number of hydrogen-bond acceptors (Lipinski definition) is 6. The predicted octanol–water partition coefficient (Wildman–Crippen LogP) is 0.496. The van der Waals surface area contributed by atoms with Crippen molar-refractivity contribution >= 4 is 11.6 Å². The summed E-state index contributed by atoms with van der Waals surface area (Å²) in [5.41, 5.74) is -0.448. The molecular formula is C18H20N4O5. The number of benzene rings is 1. The number of carbonyl (C=O) groups excluding carboxylic acids is 1. The molecular weight excluding hydrogens is 352 g/mol. The van der Waals surface area contributed by atoms with Crippen molar-refractivity contribution in [3.8, 4) is 11.6 Å². The number of aromatic hydroxyl groups is 1. The lowest BCUT2D eigenvalue weighted by atomic mass is 9.98. The molecule has 9 heteroatoms. The molecule has 27 heavy (non-hydrogen) atoms. The maximum Gasteiger partial charge on any atom is 0.333 e. The number of rotatable bonds is 3. The second-order valence-electron chi connectivity index (χ2n) is 6.28. The average Bonchev–Trinajstić information content (AvgIpc) is 3.10. The van der Waals surface area contributed by atoms with Gasteiger partial charge in [0.05, 0.1) is 18.9 Å². The summed E-state index contributed by atoms with van der Waals surface area (Å²) in [5, 5.41) is 15.9. The van der Waals surface area contributed by atoms with Crippen molar-refractivity contribution in [1.29, 1.82) is 0 Å². The molecule has 1 N–H and O–H groups in total. The zero-order valence-corrected chi connectivity index (χ0v) is 15.5. The Labute approximate surface area is 154 Å². The van der Waals surface area contributed by atoms with Gasteiger partial charge in [0.25, 0.3) is 5.56 Å². The van der Waals surface area contributed by atoms with E-state index in [0.29, 0.717) is 5.75 Å². The van der Waals surface area contributed by atoms with Crippen LogP contribution in [0.3, 0.4) is 0 Å². The highest BCUT2D eigenvalue weighted by Gasteiger charge is 2.35. The smallest absolute Gasteiger partial charge is 0.333 e. The van der Waals surface area contributed by atoms with Gasteiger partial charge in [-0.3, -0.25) is 18.7 Å². The Kier molecular flexibility index (Phi) is 4.61. The molecule has 1 aromatic heterocycles. The minimum absolute atomic E-state index is 0.0942. The largest absolute Gasteiger partial charge is 0.496 e. The van der Waals surface area contributed by atoms with Crippen molar-refractivity contribution in [3.05, 3.63) is 56.2 Å². The summed E-state index contributed by atoms with van der Waals surface area (Å²) in [4.78, 5) is 36.7. The van der Waals surface area contributed by atoms with Crippen LogP contribution in [0, 0.1) is 0 Å².